The third kappa shape index (κ3) is 5.60. The molecule has 2 aromatic rings. The maximum absolute atomic E-state index is 5.67. The highest BCUT2D eigenvalue weighted by Crippen LogP contribution is 2.13. The summed E-state index contributed by atoms with van der Waals surface area (Å²) in [7, 11) is 0. The van der Waals surface area contributed by atoms with Gasteiger partial charge in [-0.1, -0.05) is 55.3 Å². The van der Waals surface area contributed by atoms with Crippen LogP contribution in [-0.4, -0.2) is 6.61 Å². The van der Waals surface area contributed by atoms with Crippen molar-refractivity contribution in [2.45, 2.75) is 39.8 Å². The molecule has 0 aromatic heterocycles. The molecule has 0 fully saturated rings. The van der Waals surface area contributed by atoms with E-state index in [2.05, 4.69) is 67.7 Å². The van der Waals surface area contributed by atoms with E-state index >= 15 is 0 Å². The van der Waals surface area contributed by atoms with Gasteiger partial charge in [-0.05, 0) is 36.6 Å². The molecule has 2 heteroatoms. The smallest absolute Gasteiger partial charge is 0.119 e. The van der Waals surface area contributed by atoms with Crippen LogP contribution >= 0.6 is 0 Å². The van der Waals surface area contributed by atoms with Gasteiger partial charge in [0.1, 0.15) is 5.75 Å². The van der Waals surface area contributed by atoms with Crippen molar-refractivity contribution in [3.63, 3.8) is 0 Å². The van der Waals surface area contributed by atoms with Crippen LogP contribution in [0.25, 0.3) is 0 Å². The second kappa shape index (κ2) is 8.48. The average molecular weight is 283 g/mol. The number of rotatable bonds is 8. The fourth-order valence-corrected chi connectivity index (χ4v) is 2.09. The molecular weight excluding hydrogens is 258 g/mol. The molecule has 1 N–H and O–H groups in total. The van der Waals surface area contributed by atoms with Crippen molar-refractivity contribution in [3.8, 4) is 5.75 Å². The van der Waals surface area contributed by atoms with Gasteiger partial charge in [-0.2, -0.15) is 0 Å². The van der Waals surface area contributed by atoms with E-state index in [1.807, 2.05) is 0 Å². The van der Waals surface area contributed by atoms with Crippen LogP contribution < -0.4 is 10.1 Å². The molecule has 0 unspecified atom stereocenters. The Morgan fingerprint density at radius 1 is 0.857 bits per heavy atom. The van der Waals surface area contributed by atoms with Crippen molar-refractivity contribution < 1.29 is 4.74 Å². The molecule has 0 amide bonds. The fourth-order valence-electron chi connectivity index (χ4n) is 2.09. The summed E-state index contributed by atoms with van der Waals surface area (Å²) in [5.74, 6) is 0.964. The Bertz CT molecular complexity index is 516. The average Bonchev–Trinajstić information content (AvgIpc) is 2.51. The summed E-state index contributed by atoms with van der Waals surface area (Å²) in [4.78, 5) is 0. The molecule has 2 nitrogen and oxygen atoms in total. The van der Waals surface area contributed by atoms with Crippen LogP contribution in [0.1, 0.15) is 36.5 Å². The lowest BCUT2D eigenvalue weighted by molar-refractivity contribution is 0.309. The molecule has 0 spiro atoms. The monoisotopic (exact) mass is 283 g/mol. The van der Waals surface area contributed by atoms with Gasteiger partial charge in [-0.15, -0.1) is 0 Å². The highest BCUT2D eigenvalue weighted by atomic mass is 16.5. The number of benzene rings is 2. The van der Waals surface area contributed by atoms with E-state index in [4.69, 9.17) is 4.74 Å². The number of unbranched alkanes of at least 4 members (excludes halogenated alkanes) is 1. The molecule has 0 aliphatic rings. The minimum Gasteiger partial charge on any atom is -0.494 e. The zero-order valence-electron chi connectivity index (χ0n) is 13.1. The molecule has 0 atom stereocenters. The maximum Gasteiger partial charge on any atom is 0.119 e. The molecule has 2 aromatic carbocycles. The van der Waals surface area contributed by atoms with Crippen LogP contribution in [0.2, 0.25) is 0 Å². The van der Waals surface area contributed by atoms with Crippen molar-refractivity contribution >= 4 is 0 Å². The molecular formula is C19H25NO. The lowest BCUT2D eigenvalue weighted by Gasteiger charge is -2.08. The predicted molar refractivity (Wildman–Crippen MR) is 88.6 cm³/mol. The van der Waals surface area contributed by atoms with E-state index in [1.54, 1.807) is 0 Å². The highest BCUT2D eigenvalue weighted by Gasteiger charge is 1.97. The fraction of sp³-hybridized carbons (Fsp3) is 0.368. The second-order valence-corrected chi connectivity index (χ2v) is 5.44. The number of nitrogens with one attached hydrogen (secondary N) is 1. The van der Waals surface area contributed by atoms with E-state index in [0.29, 0.717) is 0 Å². The van der Waals surface area contributed by atoms with Gasteiger partial charge >= 0.3 is 0 Å². The van der Waals surface area contributed by atoms with Crippen molar-refractivity contribution in [2.24, 2.45) is 0 Å². The van der Waals surface area contributed by atoms with Crippen LogP contribution in [0.4, 0.5) is 0 Å². The van der Waals surface area contributed by atoms with Crippen LogP contribution in [0.15, 0.2) is 48.5 Å². The van der Waals surface area contributed by atoms with E-state index in [-0.39, 0.29) is 0 Å². The lowest BCUT2D eigenvalue weighted by atomic mass is 10.1. The topological polar surface area (TPSA) is 21.3 Å². The number of hydrogen-bond donors (Lipinski definition) is 1. The Balaban J connectivity index is 1.74. The third-order valence-electron chi connectivity index (χ3n) is 3.47. The highest BCUT2D eigenvalue weighted by molar-refractivity contribution is 5.27. The van der Waals surface area contributed by atoms with Crippen molar-refractivity contribution in [1.29, 1.82) is 0 Å². The first-order chi connectivity index (χ1) is 10.3. The van der Waals surface area contributed by atoms with Crippen LogP contribution in [0.5, 0.6) is 5.75 Å². The molecule has 0 saturated carbocycles. The van der Waals surface area contributed by atoms with E-state index in [9.17, 15) is 0 Å². The Labute approximate surface area is 128 Å². The molecule has 0 heterocycles. The van der Waals surface area contributed by atoms with Gasteiger partial charge in [-0.25, -0.2) is 0 Å². The van der Waals surface area contributed by atoms with Gasteiger partial charge < -0.3 is 10.1 Å². The molecule has 0 aliphatic carbocycles. The summed E-state index contributed by atoms with van der Waals surface area (Å²) in [6.45, 7) is 6.87. The van der Waals surface area contributed by atoms with Crippen molar-refractivity contribution in [1.82, 2.24) is 5.32 Å². The van der Waals surface area contributed by atoms with Gasteiger partial charge in [0.25, 0.3) is 0 Å². The minimum absolute atomic E-state index is 0.807. The first-order valence-corrected chi connectivity index (χ1v) is 7.76. The molecule has 2 rings (SSSR count). The third-order valence-corrected chi connectivity index (χ3v) is 3.47. The summed E-state index contributed by atoms with van der Waals surface area (Å²) in [6, 6.07) is 17.0. The summed E-state index contributed by atoms with van der Waals surface area (Å²) in [5.41, 5.74) is 3.91. The number of aryl methyl sites for hydroxylation is 1. The van der Waals surface area contributed by atoms with Crippen LogP contribution in [0, 0.1) is 6.92 Å². The van der Waals surface area contributed by atoms with Crippen LogP contribution in [0.3, 0.4) is 0 Å². The number of hydrogen-bond acceptors (Lipinski definition) is 2. The largest absolute Gasteiger partial charge is 0.494 e. The molecule has 0 radical (unpaired) electrons. The zero-order valence-corrected chi connectivity index (χ0v) is 13.1. The first kappa shape index (κ1) is 15.6. The first-order valence-electron chi connectivity index (χ1n) is 7.76. The quantitative estimate of drug-likeness (QED) is 0.722. The molecule has 112 valence electrons. The summed E-state index contributed by atoms with van der Waals surface area (Å²) in [6.07, 6.45) is 2.28. The van der Waals surface area contributed by atoms with Gasteiger partial charge in [0, 0.05) is 13.1 Å². The molecule has 0 bridgehead atoms. The van der Waals surface area contributed by atoms with Gasteiger partial charge in [0.15, 0.2) is 0 Å². The Kier molecular flexibility index (Phi) is 6.29. The van der Waals surface area contributed by atoms with Gasteiger partial charge in [0.05, 0.1) is 6.61 Å². The summed E-state index contributed by atoms with van der Waals surface area (Å²) in [5, 5.41) is 3.47. The second-order valence-electron chi connectivity index (χ2n) is 5.44. The van der Waals surface area contributed by atoms with E-state index in [0.717, 1.165) is 31.9 Å². The molecule has 21 heavy (non-hydrogen) atoms. The molecule has 0 aliphatic heterocycles. The minimum atomic E-state index is 0.807. The predicted octanol–water partition coefficient (Wildman–Crippen LogP) is 4.46. The summed E-state index contributed by atoms with van der Waals surface area (Å²) >= 11 is 0. The Morgan fingerprint density at radius 2 is 1.43 bits per heavy atom. The van der Waals surface area contributed by atoms with Gasteiger partial charge in [0.2, 0.25) is 0 Å². The maximum atomic E-state index is 5.67. The SMILES string of the molecule is CCCCOc1ccc(CNCc2ccc(C)cc2)cc1. The summed E-state index contributed by atoms with van der Waals surface area (Å²) < 4.78 is 5.67. The van der Waals surface area contributed by atoms with Gasteiger partial charge in [-0.3, -0.25) is 0 Å². The van der Waals surface area contributed by atoms with Crippen LogP contribution in [-0.2, 0) is 13.1 Å². The van der Waals surface area contributed by atoms with E-state index < -0.39 is 0 Å². The Hall–Kier alpha value is -1.80. The van der Waals surface area contributed by atoms with E-state index in [1.165, 1.54) is 23.1 Å². The Morgan fingerprint density at radius 3 is 2.00 bits per heavy atom. The zero-order chi connectivity index (χ0) is 14.9. The number of ether oxygens (including phenoxy) is 1. The lowest BCUT2D eigenvalue weighted by Crippen LogP contribution is -2.12. The van der Waals surface area contributed by atoms with Crippen molar-refractivity contribution in [3.05, 3.63) is 65.2 Å². The standard InChI is InChI=1S/C19H25NO/c1-3-4-13-21-19-11-9-18(10-12-19)15-20-14-17-7-5-16(2)6-8-17/h5-12,20H,3-4,13-15H2,1-2H3. The molecule has 0 saturated heterocycles. The van der Waals surface area contributed by atoms with Crippen molar-refractivity contribution in [2.75, 3.05) is 6.61 Å². The normalized spacial score (nSPS) is 10.6.